The summed E-state index contributed by atoms with van der Waals surface area (Å²) in [7, 11) is 2.73. The highest BCUT2D eigenvalue weighted by atomic mass is 32.2. The summed E-state index contributed by atoms with van der Waals surface area (Å²) in [6.07, 6.45) is 0. The third kappa shape index (κ3) is 5.02. The number of nitrogens with zero attached hydrogens (tertiary/aromatic N) is 1. The van der Waals surface area contributed by atoms with Gasteiger partial charge in [-0.3, -0.25) is 0 Å². The number of benzene rings is 1. The van der Waals surface area contributed by atoms with E-state index in [9.17, 15) is 34.9 Å². The van der Waals surface area contributed by atoms with E-state index in [2.05, 4.69) is 28.2 Å². The normalized spacial score (nSPS) is 11.9. The second-order valence-electron chi connectivity index (χ2n) is 5.04. The lowest BCUT2D eigenvalue weighted by Crippen LogP contribution is -2.27. The predicted octanol–water partition coefficient (Wildman–Crippen LogP) is 1.61. The molecule has 0 saturated heterocycles. The van der Waals surface area contributed by atoms with Crippen molar-refractivity contribution in [1.82, 2.24) is 0 Å². The minimum absolute atomic E-state index is 1.00. The van der Waals surface area contributed by atoms with Crippen molar-refractivity contribution in [3.63, 3.8) is 0 Å². The van der Waals surface area contributed by atoms with Crippen LogP contribution in [0.15, 0.2) is 4.90 Å². The molecule has 0 heterocycles. The van der Waals surface area contributed by atoms with E-state index in [-0.39, 0.29) is 0 Å². The van der Waals surface area contributed by atoms with Crippen LogP contribution in [-0.2, 0) is 10.1 Å². The minimum atomic E-state index is -5.77. The number of quaternary nitrogens is 1. The summed E-state index contributed by atoms with van der Waals surface area (Å²) in [5, 5.41) is 0. The molecule has 0 unspecified atom stereocenters. The molecule has 10 heteroatoms. The summed E-state index contributed by atoms with van der Waals surface area (Å²) in [4.78, 5) is -2.38. The van der Waals surface area contributed by atoms with Gasteiger partial charge in [-0.05, 0) is 0 Å². The first kappa shape index (κ1) is 18.7. The minimum Gasteiger partial charge on any atom is -0.744 e. The lowest BCUT2D eigenvalue weighted by molar-refractivity contribution is -0.849. The van der Waals surface area contributed by atoms with Gasteiger partial charge in [0, 0.05) is 0 Å². The first-order valence-corrected chi connectivity index (χ1v) is 6.35. The lowest BCUT2D eigenvalue weighted by atomic mass is 10.3. The summed E-state index contributed by atoms with van der Waals surface area (Å²) in [6, 6.07) is 0. The molecule has 4 nitrogen and oxygen atoms in total. The van der Waals surface area contributed by atoms with Crippen LogP contribution in [-0.4, -0.2) is 45.6 Å². The monoisotopic (exact) mass is 321 g/mol. The molecule has 0 atom stereocenters. The Balaban J connectivity index is 0.000000621. The van der Waals surface area contributed by atoms with E-state index in [0.717, 1.165) is 4.48 Å². The van der Waals surface area contributed by atoms with E-state index in [4.69, 9.17) is 0 Å². The van der Waals surface area contributed by atoms with Crippen molar-refractivity contribution in [2.75, 3.05) is 28.2 Å². The average molecular weight is 321 g/mol. The van der Waals surface area contributed by atoms with Gasteiger partial charge in [0.15, 0.2) is 23.3 Å². The molecule has 0 aliphatic carbocycles. The summed E-state index contributed by atoms with van der Waals surface area (Å²) < 4.78 is 93.9. The zero-order chi connectivity index (χ0) is 16.5. The lowest BCUT2D eigenvalue weighted by Gasteiger charge is -2.14. The van der Waals surface area contributed by atoms with Gasteiger partial charge in [-0.15, -0.1) is 0 Å². The Bertz CT molecular complexity index is 575. The predicted molar refractivity (Wildman–Crippen MR) is 58.2 cm³/mol. The first-order valence-electron chi connectivity index (χ1n) is 4.94. The molecule has 1 rings (SSSR count). The van der Waals surface area contributed by atoms with Crippen LogP contribution in [0.3, 0.4) is 0 Å². The Hall–Kier alpha value is -1.26. The number of hydrogen-bond acceptors (Lipinski definition) is 3. The second kappa shape index (κ2) is 6.02. The Morgan fingerprint density at radius 1 is 0.750 bits per heavy atom. The van der Waals surface area contributed by atoms with Gasteiger partial charge < -0.3 is 9.04 Å². The van der Waals surface area contributed by atoms with Gasteiger partial charge in [0.05, 0.1) is 28.2 Å². The Morgan fingerprint density at radius 3 is 1.15 bits per heavy atom. The van der Waals surface area contributed by atoms with Gasteiger partial charge >= 0.3 is 0 Å². The molecule has 0 spiro atoms. The third-order valence-electron chi connectivity index (χ3n) is 1.42. The van der Waals surface area contributed by atoms with Gasteiger partial charge in [-0.1, -0.05) is 0 Å². The van der Waals surface area contributed by atoms with Crippen molar-refractivity contribution >= 4 is 10.1 Å². The molecule has 0 N–H and O–H groups in total. The van der Waals surface area contributed by atoms with Gasteiger partial charge in [-0.2, -0.15) is 0 Å². The molecule has 116 valence electrons. The zero-order valence-corrected chi connectivity index (χ0v) is 11.8. The number of hydrogen-bond donors (Lipinski definition) is 0. The van der Waals surface area contributed by atoms with Gasteiger partial charge in [0.2, 0.25) is 5.82 Å². The fourth-order valence-corrected chi connectivity index (χ4v) is 1.42. The van der Waals surface area contributed by atoms with E-state index in [1.165, 1.54) is 0 Å². The van der Waals surface area contributed by atoms with Crippen molar-refractivity contribution in [2.45, 2.75) is 4.90 Å². The molecule has 0 saturated carbocycles. The number of rotatable bonds is 1. The van der Waals surface area contributed by atoms with Crippen molar-refractivity contribution in [2.24, 2.45) is 0 Å². The van der Waals surface area contributed by atoms with Crippen LogP contribution >= 0.6 is 0 Å². The molecule has 0 aromatic heterocycles. The van der Waals surface area contributed by atoms with Crippen LogP contribution in [0.4, 0.5) is 22.0 Å². The van der Waals surface area contributed by atoms with Crippen molar-refractivity contribution in [1.29, 1.82) is 0 Å². The van der Waals surface area contributed by atoms with Gasteiger partial charge in [0.25, 0.3) is 0 Å². The smallest absolute Gasteiger partial charge is 0.200 e. The Morgan fingerprint density at radius 2 is 0.950 bits per heavy atom. The molecular weight excluding hydrogens is 309 g/mol. The van der Waals surface area contributed by atoms with Gasteiger partial charge in [-0.25, -0.2) is 30.4 Å². The summed E-state index contributed by atoms with van der Waals surface area (Å²) in [6.45, 7) is 0. The highest BCUT2D eigenvalue weighted by molar-refractivity contribution is 7.85. The summed E-state index contributed by atoms with van der Waals surface area (Å²) in [5.41, 5.74) is 0. The Labute approximate surface area is 112 Å². The van der Waals surface area contributed by atoms with Crippen LogP contribution in [0.5, 0.6) is 0 Å². The third-order valence-corrected chi connectivity index (χ3v) is 2.28. The van der Waals surface area contributed by atoms with E-state index >= 15 is 0 Å². The van der Waals surface area contributed by atoms with Gasteiger partial charge in [0.1, 0.15) is 15.0 Å². The first-order chi connectivity index (χ1) is 8.68. The maximum atomic E-state index is 12.6. The second-order valence-corrected chi connectivity index (χ2v) is 6.35. The summed E-state index contributed by atoms with van der Waals surface area (Å²) >= 11 is 0. The highest BCUT2D eigenvalue weighted by Gasteiger charge is 2.28. The standard InChI is InChI=1S/C6HF5O3S.C4H12N/c7-1-2(8)4(10)6(15(12,13)14)5(11)3(1)9;1-5(2,3)4/h(H,12,13,14);1-4H3/q;+1/p-1. The fraction of sp³-hybridized carbons (Fsp3) is 0.400. The molecule has 0 aliphatic heterocycles. The van der Waals surface area contributed by atoms with Crippen molar-refractivity contribution in [3.8, 4) is 0 Å². The van der Waals surface area contributed by atoms with E-state index in [1.54, 1.807) is 0 Å². The van der Waals surface area contributed by atoms with Crippen LogP contribution in [0.2, 0.25) is 0 Å². The van der Waals surface area contributed by atoms with Crippen LogP contribution in [0.1, 0.15) is 0 Å². The zero-order valence-electron chi connectivity index (χ0n) is 11.0. The molecule has 0 radical (unpaired) electrons. The highest BCUT2D eigenvalue weighted by Crippen LogP contribution is 2.26. The quantitative estimate of drug-likeness (QED) is 0.260. The molecule has 20 heavy (non-hydrogen) atoms. The SMILES string of the molecule is C[N+](C)(C)C.O=S(=O)([O-])c1c(F)c(F)c(F)c(F)c1F. The number of halogens is 5. The average Bonchev–Trinajstić information content (AvgIpc) is 2.19. The van der Waals surface area contributed by atoms with Crippen molar-refractivity contribution in [3.05, 3.63) is 29.1 Å². The molecule has 1 aromatic carbocycles. The van der Waals surface area contributed by atoms with Crippen LogP contribution < -0.4 is 0 Å². The molecule has 1 aromatic rings. The Kier molecular flexibility index (Phi) is 5.64. The molecule has 0 fully saturated rings. The molecule has 0 bridgehead atoms. The van der Waals surface area contributed by atoms with Crippen LogP contribution in [0, 0.1) is 29.1 Å². The fourth-order valence-electron chi connectivity index (χ4n) is 0.804. The maximum absolute atomic E-state index is 12.6. The van der Waals surface area contributed by atoms with Crippen molar-refractivity contribution < 1.29 is 39.4 Å². The van der Waals surface area contributed by atoms with E-state index < -0.39 is 44.1 Å². The van der Waals surface area contributed by atoms with Crippen LogP contribution in [0.25, 0.3) is 0 Å². The molecular formula is C10H12F5NO3S. The molecule has 0 aliphatic rings. The largest absolute Gasteiger partial charge is 0.744 e. The summed E-state index contributed by atoms with van der Waals surface area (Å²) in [5.74, 6) is -12.8. The van der Waals surface area contributed by atoms with E-state index in [0.29, 0.717) is 0 Å². The maximum Gasteiger partial charge on any atom is 0.200 e. The van der Waals surface area contributed by atoms with E-state index in [1.807, 2.05) is 0 Å². The topological polar surface area (TPSA) is 57.2 Å². The molecule has 0 amide bonds.